The molecule has 0 saturated carbocycles. The zero-order valence-corrected chi connectivity index (χ0v) is 25.3. The standard InChI is InChI=1S/C33H30N4O4S2/c1-21-7-10-29-34-30(35-13-11-23(12-14-35)15-22-5-3-2-4-6-22)25(31(38)36(29)18-21)17-28-32(39)37(33(42)43-28)19-24-8-9-26-27(16-24)41-20-40-26/h2-10,16-18,23H,11-15,19-20H2,1H3/b28-17+. The summed E-state index contributed by atoms with van der Waals surface area (Å²) in [5, 5.41) is 0. The minimum atomic E-state index is -0.228. The number of aryl methyl sites for hydroxylation is 1. The lowest BCUT2D eigenvalue weighted by atomic mass is 9.90. The summed E-state index contributed by atoms with van der Waals surface area (Å²) in [5.41, 5.74) is 3.98. The predicted octanol–water partition coefficient (Wildman–Crippen LogP) is 5.59. The number of benzene rings is 2. The molecule has 7 rings (SSSR count). The average Bonchev–Trinajstić information content (AvgIpc) is 3.59. The van der Waals surface area contributed by atoms with Gasteiger partial charge in [0.15, 0.2) is 11.5 Å². The van der Waals surface area contributed by atoms with E-state index in [1.807, 2.05) is 43.3 Å². The number of hydrogen-bond donors (Lipinski definition) is 0. The molecule has 0 N–H and O–H groups in total. The molecule has 1 amide bonds. The molecule has 0 atom stereocenters. The topological polar surface area (TPSA) is 76.4 Å². The van der Waals surface area contributed by atoms with E-state index in [0.717, 1.165) is 43.5 Å². The Bertz CT molecular complexity index is 1830. The molecule has 0 radical (unpaired) electrons. The molecular weight excluding hydrogens is 581 g/mol. The largest absolute Gasteiger partial charge is 0.454 e. The van der Waals surface area contributed by atoms with Gasteiger partial charge in [-0.1, -0.05) is 66.4 Å². The monoisotopic (exact) mass is 610 g/mol. The van der Waals surface area contributed by atoms with Gasteiger partial charge in [-0.2, -0.15) is 0 Å². The van der Waals surface area contributed by atoms with Gasteiger partial charge in [0.1, 0.15) is 15.8 Å². The van der Waals surface area contributed by atoms with Gasteiger partial charge in [0.05, 0.1) is 17.0 Å². The number of carbonyl (C=O) groups is 1. The first-order valence-corrected chi connectivity index (χ1v) is 15.6. The molecule has 2 fully saturated rings. The number of hydrogen-bond acceptors (Lipinski definition) is 8. The summed E-state index contributed by atoms with van der Waals surface area (Å²) in [6, 6.07) is 20.0. The quantitative estimate of drug-likeness (QED) is 0.207. The van der Waals surface area contributed by atoms with E-state index in [1.165, 1.54) is 17.3 Å². The highest BCUT2D eigenvalue weighted by Crippen LogP contribution is 2.37. The fourth-order valence-corrected chi connectivity index (χ4v) is 7.14. The number of nitrogens with zero attached hydrogens (tertiary/aromatic N) is 4. The second-order valence-corrected chi connectivity index (χ2v) is 12.8. The van der Waals surface area contributed by atoms with Crippen molar-refractivity contribution in [1.29, 1.82) is 0 Å². The molecule has 2 aromatic heterocycles. The van der Waals surface area contributed by atoms with Gasteiger partial charge in [-0.15, -0.1) is 0 Å². The van der Waals surface area contributed by atoms with E-state index >= 15 is 0 Å². The summed E-state index contributed by atoms with van der Waals surface area (Å²) < 4.78 is 12.9. The normalized spacial score (nSPS) is 17.9. The number of anilines is 1. The lowest BCUT2D eigenvalue weighted by Gasteiger charge is -2.33. The van der Waals surface area contributed by atoms with Crippen LogP contribution in [0.4, 0.5) is 5.82 Å². The van der Waals surface area contributed by atoms with Crippen molar-refractivity contribution in [2.75, 3.05) is 24.8 Å². The molecule has 5 heterocycles. The van der Waals surface area contributed by atoms with Crippen LogP contribution in [0.3, 0.4) is 0 Å². The molecule has 0 spiro atoms. The number of ether oxygens (including phenoxy) is 2. The summed E-state index contributed by atoms with van der Waals surface area (Å²) in [4.78, 5) is 36.7. The first kappa shape index (κ1) is 27.7. The number of piperidine rings is 1. The predicted molar refractivity (Wildman–Crippen MR) is 173 cm³/mol. The number of amides is 1. The van der Waals surface area contributed by atoms with E-state index in [4.69, 9.17) is 26.7 Å². The van der Waals surface area contributed by atoms with E-state index in [9.17, 15) is 9.59 Å². The number of aromatic nitrogens is 2. The minimum absolute atomic E-state index is 0.185. The van der Waals surface area contributed by atoms with Crippen LogP contribution in [0.1, 0.15) is 35.1 Å². The van der Waals surface area contributed by atoms with Crippen LogP contribution in [0.5, 0.6) is 11.5 Å². The van der Waals surface area contributed by atoms with E-state index in [1.54, 1.807) is 21.6 Å². The number of thiocarbonyl (C=S) groups is 1. The second kappa shape index (κ2) is 11.5. The Morgan fingerprint density at radius 3 is 2.60 bits per heavy atom. The van der Waals surface area contributed by atoms with Crippen LogP contribution in [-0.4, -0.2) is 44.4 Å². The van der Waals surface area contributed by atoms with E-state index in [2.05, 4.69) is 29.2 Å². The van der Waals surface area contributed by atoms with Crippen molar-refractivity contribution in [3.05, 3.63) is 104 Å². The van der Waals surface area contributed by atoms with Crippen LogP contribution in [0.2, 0.25) is 0 Å². The number of rotatable bonds is 6. The van der Waals surface area contributed by atoms with Crippen LogP contribution in [-0.2, 0) is 17.8 Å². The van der Waals surface area contributed by atoms with Crippen LogP contribution in [0.15, 0.2) is 76.6 Å². The van der Waals surface area contributed by atoms with Gasteiger partial charge in [-0.05, 0) is 73.1 Å². The Labute approximate surface area is 258 Å². The van der Waals surface area contributed by atoms with Crippen LogP contribution < -0.4 is 19.9 Å². The van der Waals surface area contributed by atoms with Gasteiger partial charge in [0.2, 0.25) is 6.79 Å². The van der Waals surface area contributed by atoms with Gasteiger partial charge < -0.3 is 14.4 Å². The maximum Gasteiger partial charge on any atom is 0.267 e. The number of pyridine rings is 1. The molecule has 43 heavy (non-hydrogen) atoms. The third-order valence-corrected chi connectivity index (χ3v) is 9.57. The van der Waals surface area contributed by atoms with Crippen LogP contribution in [0.25, 0.3) is 11.7 Å². The molecule has 4 aromatic rings. The van der Waals surface area contributed by atoms with Crippen LogP contribution >= 0.6 is 24.0 Å². The number of carbonyl (C=O) groups excluding carboxylic acids is 1. The maximum absolute atomic E-state index is 14.0. The molecule has 0 bridgehead atoms. The molecule has 2 saturated heterocycles. The Morgan fingerprint density at radius 1 is 1.00 bits per heavy atom. The van der Waals surface area contributed by atoms with Crippen molar-refractivity contribution in [2.24, 2.45) is 5.92 Å². The van der Waals surface area contributed by atoms with Crippen molar-refractivity contribution >= 4 is 51.7 Å². The molecule has 0 aliphatic carbocycles. The van der Waals surface area contributed by atoms with Crippen molar-refractivity contribution in [3.8, 4) is 11.5 Å². The third kappa shape index (κ3) is 5.52. The molecule has 3 aliphatic heterocycles. The SMILES string of the molecule is Cc1ccc2nc(N3CCC(Cc4ccccc4)CC3)c(/C=C3/SC(=S)N(Cc4ccc5c(c4)OCO5)C3=O)c(=O)n2c1. The first-order valence-electron chi connectivity index (χ1n) is 14.4. The third-order valence-electron chi connectivity index (χ3n) is 8.19. The highest BCUT2D eigenvalue weighted by molar-refractivity contribution is 8.26. The van der Waals surface area contributed by atoms with Gasteiger partial charge in [-0.25, -0.2) is 4.98 Å². The molecule has 218 valence electrons. The highest BCUT2D eigenvalue weighted by Gasteiger charge is 2.34. The molecule has 2 aromatic carbocycles. The second-order valence-electron chi connectivity index (χ2n) is 11.2. The Balaban J connectivity index is 1.18. The smallest absolute Gasteiger partial charge is 0.267 e. The number of fused-ring (bicyclic) bond motifs is 2. The van der Waals surface area contributed by atoms with Gasteiger partial charge in [0.25, 0.3) is 11.5 Å². The average molecular weight is 611 g/mol. The number of thioether (sulfide) groups is 1. The van der Waals surface area contributed by atoms with Gasteiger partial charge >= 0.3 is 0 Å². The van der Waals surface area contributed by atoms with Gasteiger partial charge in [0, 0.05) is 19.3 Å². The van der Waals surface area contributed by atoms with Crippen molar-refractivity contribution in [3.63, 3.8) is 0 Å². The molecule has 10 heteroatoms. The summed E-state index contributed by atoms with van der Waals surface area (Å²) in [6.07, 6.45) is 6.53. The Kier molecular flexibility index (Phi) is 7.40. The zero-order valence-electron chi connectivity index (χ0n) is 23.7. The van der Waals surface area contributed by atoms with Crippen LogP contribution in [0, 0.1) is 12.8 Å². The zero-order chi connectivity index (χ0) is 29.5. The fraction of sp³-hybridized carbons (Fsp3) is 0.273. The lowest BCUT2D eigenvalue weighted by Crippen LogP contribution is -2.37. The molecule has 8 nitrogen and oxygen atoms in total. The Hall–Kier alpha value is -4.15. The summed E-state index contributed by atoms with van der Waals surface area (Å²) in [7, 11) is 0. The fourth-order valence-electron chi connectivity index (χ4n) is 5.90. The summed E-state index contributed by atoms with van der Waals surface area (Å²) in [6.45, 7) is 4.01. The van der Waals surface area contributed by atoms with Crippen molar-refractivity contribution in [2.45, 2.75) is 32.7 Å². The summed E-state index contributed by atoms with van der Waals surface area (Å²) in [5.74, 6) is 2.30. The Morgan fingerprint density at radius 2 is 1.79 bits per heavy atom. The summed E-state index contributed by atoms with van der Waals surface area (Å²) >= 11 is 6.84. The molecule has 3 aliphatic rings. The van der Waals surface area contributed by atoms with Gasteiger partial charge in [-0.3, -0.25) is 18.9 Å². The van der Waals surface area contributed by atoms with Crippen molar-refractivity contribution in [1.82, 2.24) is 14.3 Å². The molecular formula is C33H30N4O4S2. The van der Waals surface area contributed by atoms with E-state index < -0.39 is 0 Å². The lowest BCUT2D eigenvalue weighted by molar-refractivity contribution is -0.122. The minimum Gasteiger partial charge on any atom is -0.454 e. The van der Waals surface area contributed by atoms with E-state index in [0.29, 0.717) is 50.2 Å². The van der Waals surface area contributed by atoms with Crippen molar-refractivity contribution < 1.29 is 14.3 Å². The molecule has 0 unspecified atom stereocenters. The maximum atomic E-state index is 14.0. The van der Waals surface area contributed by atoms with E-state index in [-0.39, 0.29) is 18.3 Å². The highest BCUT2D eigenvalue weighted by atomic mass is 32.2. The first-order chi connectivity index (χ1) is 20.9.